The number of aromatic nitrogens is 3. The van der Waals surface area contributed by atoms with Gasteiger partial charge in [0.2, 0.25) is 5.82 Å². The van der Waals surface area contributed by atoms with Crippen molar-refractivity contribution in [2.75, 3.05) is 13.1 Å². The monoisotopic (exact) mass is 312 g/mol. The number of hydrogen-bond donors (Lipinski definition) is 0. The average Bonchev–Trinajstić information content (AvgIpc) is 3.03. The van der Waals surface area contributed by atoms with Crippen molar-refractivity contribution in [1.82, 2.24) is 19.7 Å². The van der Waals surface area contributed by atoms with E-state index >= 15 is 0 Å². The van der Waals surface area contributed by atoms with Gasteiger partial charge in [0, 0.05) is 5.92 Å². The Kier molecular flexibility index (Phi) is 2.53. The van der Waals surface area contributed by atoms with Gasteiger partial charge in [-0.3, -0.25) is 4.79 Å². The van der Waals surface area contributed by atoms with E-state index in [-0.39, 0.29) is 30.9 Å². The van der Waals surface area contributed by atoms with Crippen LogP contribution in [-0.4, -0.2) is 44.8 Å². The summed E-state index contributed by atoms with van der Waals surface area (Å²) in [5.41, 5.74) is 2.45. The third kappa shape index (κ3) is 1.87. The van der Waals surface area contributed by atoms with Crippen LogP contribution in [0.5, 0.6) is 0 Å². The van der Waals surface area contributed by atoms with Crippen molar-refractivity contribution in [3.8, 4) is 0 Å². The molecule has 1 aromatic carbocycles. The highest BCUT2D eigenvalue weighted by molar-refractivity contribution is 5.91. The quantitative estimate of drug-likeness (QED) is 0.853. The lowest BCUT2D eigenvalue weighted by atomic mass is 10.0. The molecule has 1 aromatic heterocycles. The summed E-state index contributed by atoms with van der Waals surface area (Å²) in [4.78, 5) is 18.3. The van der Waals surface area contributed by atoms with Crippen molar-refractivity contribution in [1.29, 1.82) is 0 Å². The molecule has 5 rings (SSSR count). The molecule has 0 bridgehead atoms. The lowest BCUT2D eigenvalue weighted by molar-refractivity contribution is 0.0388. The lowest BCUT2D eigenvalue weighted by Crippen LogP contribution is -2.51. The first-order chi connectivity index (χ1) is 11.1. The molecule has 118 valence electrons. The normalized spacial score (nSPS) is 28.3. The zero-order valence-corrected chi connectivity index (χ0v) is 12.8. The first-order valence-corrected chi connectivity index (χ1v) is 8.08. The van der Waals surface area contributed by atoms with Crippen LogP contribution in [0.3, 0.4) is 0 Å². The lowest BCUT2D eigenvalue weighted by Gasteiger charge is -2.33. The SMILES string of the molecule is Cc1cccc(C2C3CC3c3nc(C(=O)N4CC(F)C4)nn32)c1. The standard InChI is InChI=1S/C17H17FN4O/c1-9-3-2-4-10(5-9)14-12-6-13(12)16-19-15(20-22(14)16)17(23)21-7-11(18)8-21/h2-5,11-14H,6-8H2,1H3. The number of likely N-dealkylation sites (tertiary alicyclic amines) is 1. The second-order valence-electron chi connectivity index (χ2n) is 6.91. The fraction of sp³-hybridized carbons (Fsp3) is 0.471. The van der Waals surface area contributed by atoms with E-state index in [1.807, 2.05) is 4.68 Å². The minimum absolute atomic E-state index is 0.163. The number of rotatable bonds is 2. The van der Waals surface area contributed by atoms with E-state index in [2.05, 4.69) is 41.3 Å². The van der Waals surface area contributed by atoms with Gasteiger partial charge in [0.15, 0.2) is 0 Å². The molecule has 1 saturated carbocycles. The number of benzene rings is 1. The Morgan fingerprint density at radius 2 is 2.17 bits per heavy atom. The number of carbonyl (C=O) groups is 1. The number of amides is 1. The van der Waals surface area contributed by atoms with Gasteiger partial charge in [0.05, 0.1) is 19.1 Å². The maximum Gasteiger partial charge on any atom is 0.293 e. The fourth-order valence-corrected chi connectivity index (χ4v) is 3.90. The van der Waals surface area contributed by atoms with Crippen molar-refractivity contribution in [2.24, 2.45) is 5.92 Å². The Balaban J connectivity index is 1.49. The minimum atomic E-state index is -0.902. The molecule has 0 spiro atoms. The Morgan fingerprint density at radius 1 is 1.35 bits per heavy atom. The van der Waals surface area contributed by atoms with Crippen molar-refractivity contribution in [3.05, 3.63) is 47.0 Å². The highest BCUT2D eigenvalue weighted by atomic mass is 19.1. The maximum atomic E-state index is 13.0. The van der Waals surface area contributed by atoms with Crippen LogP contribution in [0, 0.1) is 12.8 Å². The summed E-state index contributed by atoms with van der Waals surface area (Å²) < 4.78 is 14.9. The third-order valence-electron chi connectivity index (χ3n) is 5.20. The van der Waals surface area contributed by atoms with E-state index in [1.54, 1.807) is 0 Å². The molecule has 0 N–H and O–H groups in total. The molecule has 3 unspecified atom stereocenters. The Hall–Kier alpha value is -2.24. The van der Waals surface area contributed by atoms with Gasteiger partial charge in [0.25, 0.3) is 5.91 Å². The average molecular weight is 312 g/mol. The van der Waals surface area contributed by atoms with Crippen molar-refractivity contribution >= 4 is 5.91 Å². The summed E-state index contributed by atoms with van der Waals surface area (Å²) in [7, 11) is 0. The number of aryl methyl sites for hydroxylation is 1. The van der Waals surface area contributed by atoms with Crippen LogP contribution in [0.25, 0.3) is 0 Å². The van der Waals surface area contributed by atoms with E-state index in [9.17, 15) is 9.18 Å². The van der Waals surface area contributed by atoms with E-state index < -0.39 is 6.17 Å². The van der Waals surface area contributed by atoms with Crippen molar-refractivity contribution < 1.29 is 9.18 Å². The molecule has 1 amide bonds. The van der Waals surface area contributed by atoms with Crippen LogP contribution in [0.4, 0.5) is 4.39 Å². The van der Waals surface area contributed by atoms with Gasteiger partial charge in [-0.15, -0.1) is 5.10 Å². The zero-order valence-electron chi connectivity index (χ0n) is 12.8. The fourth-order valence-electron chi connectivity index (χ4n) is 3.90. The number of nitrogens with zero attached hydrogens (tertiary/aromatic N) is 4. The van der Waals surface area contributed by atoms with Gasteiger partial charge in [-0.1, -0.05) is 29.8 Å². The summed E-state index contributed by atoms with van der Waals surface area (Å²) in [6.45, 7) is 2.41. The molecule has 3 atom stereocenters. The number of hydrogen-bond acceptors (Lipinski definition) is 3. The molecule has 5 nitrogen and oxygen atoms in total. The molecule has 1 saturated heterocycles. The zero-order chi connectivity index (χ0) is 15.7. The molecule has 1 aliphatic carbocycles. The van der Waals surface area contributed by atoms with Crippen molar-refractivity contribution in [3.63, 3.8) is 0 Å². The highest BCUT2D eigenvalue weighted by Crippen LogP contribution is 2.60. The van der Waals surface area contributed by atoms with Gasteiger partial charge < -0.3 is 4.90 Å². The number of alkyl halides is 1. The summed E-state index contributed by atoms with van der Waals surface area (Å²) in [5.74, 6) is 1.85. The molecular formula is C17H17FN4O. The summed E-state index contributed by atoms with van der Waals surface area (Å²) >= 11 is 0. The maximum absolute atomic E-state index is 13.0. The molecule has 0 radical (unpaired) electrons. The van der Waals surface area contributed by atoms with E-state index in [1.165, 1.54) is 16.0 Å². The molecule has 2 aromatic rings. The largest absolute Gasteiger partial charge is 0.330 e. The van der Waals surface area contributed by atoms with Crippen LogP contribution in [-0.2, 0) is 0 Å². The summed E-state index contributed by atoms with van der Waals surface area (Å²) in [5, 5.41) is 4.48. The number of fused-ring (bicyclic) bond motifs is 3. The van der Waals surface area contributed by atoms with Gasteiger partial charge in [-0.25, -0.2) is 14.1 Å². The van der Waals surface area contributed by atoms with Crippen LogP contribution < -0.4 is 0 Å². The number of halogens is 1. The Morgan fingerprint density at radius 3 is 2.91 bits per heavy atom. The predicted molar refractivity (Wildman–Crippen MR) is 81.0 cm³/mol. The molecule has 3 aliphatic rings. The van der Waals surface area contributed by atoms with Crippen LogP contribution in [0.1, 0.15) is 46.0 Å². The van der Waals surface area contributed by atoms with Gasteiger partial charge in [-0.05, 0) is 24.8 Å². The van der Waals surface area contributed by atoms with Crippen LogP contribution >= 0.6 is 0 Å². The van der Waals surface area contributed by atoms with Crippen LogP contribution in [0.15, 0.2) is 24.3 Å². The highest BCUT2D eigenvalue weighted by Gasteiger charge is 2.55. The first-order valence-electron chi connectivity index (χ1n) is 8.08. The Bertz CT molecular complexity index is 811. The van der Waals surface area contributed by atoms with Crippen LogP contribution in [0.2, 0.25) is 0 Å². The molecule has 3 heterocycles. The summed E-state index contributed by atoms with van der Waals surface area (Å²) in [6.07, 6.45) is 0.211. The topological polar surface area (TPSA) is 51.0 Å². The van der Waals surface area contributed by atoms with Gasteiger partial charge in [0.1, 0.15) is 12.0 Å². The predicted octanol–water partition coefficient (Wildman–Crippen LogP) is 2.09. The first kappa shape index (κ1) is 13.2. The molecule has 2 fully saturated rings. The van der Waals surface area contributed by atoms with E-state index in [0.717, 1.165) is 12.2 Å². The smallest absolute Gasteiger partial charge is 0.293 e. The van der Waals surface area contributed by atoms with Gasteiger partial charge in [-0.2, -0.15) is 0 Å². The third-order valence-corrected chi connectivity index (χ3v) is 5.20. The molecule has 2 aliphatic heterocycles. The van der Waals surface area contributed by atoms with Gasteiger partial charge >= 0.3 is 0 Å². The second kappa shape index (κ2) is 4.40. The summed E-state index contributed by atoms with van der Waals surface area (Å²) in [6, 6.07) is 8.62. The Labute approximate surface area is 133 Å². The number of carbonyl (C=O) groups excluding carboxylic acids is 1. The molecule has 6 heteroatoms. The second-order valence-corrected chi connectivity index (χ2v) is 6.91. The van der Waals surface area contributed by atoms with Crippen molar-refractivity contribution in [2.45, 2.75) is 31.5 Å². The van der Waals surface area contributed by atoms with E-state index in [0.29, 0.717) is 11.8 Å². The molecular weight excluding hydrogens is 295 g/mol. The van der Waals surface area contributed by atoms with E-state index in [4.69, 9.17) is 0 Å². The minimum Gasteiger partial charge on any atom is -0.330 e. The molecule has 23 heavy (non-hydrogen) atoms.